The normalized spacial score (nSPS) is 14.0. The van der Waals surface area contributed by atoms with Gasteiger partial charge >= 0.3 is 0 Å². The molecule has 0 aliphatic heterocycles. The fourth-order valence-corrected chi connectivity index (χ4v) is 2.89. The quantitative estimate of drug-likeness (QED) is 0.388. The van der Waals surface area contributed by atoms with Crippen LogP contribution in [0.1, 0.15) is 31.4 Å². The van der Waals surface area contributed by atoms with Gasteiger partial charge < -0.3 is 5.11 Å². The van der Waals surface area contributed by atoms with Gasteiger partial charge in [-0.05, 0) is 56.2 Å². The number of benzene rings is 1. The summed E-state index contributed by atoms with van der Waals surface area (Å²) in [6, 6.07) is 7.16. The van der Waals surface area contributed by atoms with Crippen LogP contribution >= 0.6 is 0 Å². The minimum Gasteiger partial charge on any atom is -0.395 e. The second kappa shape index (κ2) is 9.40. The third-order valence-corrected chi connectivity index (χ3v) is 6.13. The summed E-state index contributed by atoms with van der Waals surface area (Å²) in [6.45, 7) is 3.08. The molecule has 1 amide bonds. The second-order valence-electron chi connectivity index (χ2n) is 6.24. The third kappa shape index (κ3) is 5.89. The molecular weight excluding hydrogens is 354 g/mol. The van der Waals surface area contributed by atoms with E-state index in [0.29, 0.717) is 6.42 Å². The Labute approximate surface area is 154 Å². The van der Waals surface area contributed by atoms with Crippen molar-refractivity contribution in [2.24, 2.45) is 5.92 Å². The van der Waals surface area contributed by atoms with Crippen LogP contribution in [0.2, 0.25) is 0 Å². The molecule has 1 rings (SSSR count). The Bertz CT molecular complexity index is 853. The highest BCUT2D eigenvalue weighted by molar-refractivity contribution is 7.92. The van der Waals surface area contributed by atoms with Crippen molar-refractivity contribution in [3.63, 3.8) is 0 Å². The van der Waals surface area contributed by atoms with E-state index in [1.165, 1.54) is 12.4 Å². The number of amides is 1. The first-order chi connectivity index (χ1) is 12.1. The Hall–Kier alpha value is -2.32. The Morgan fingerprint density at radius 1 is 1.27 bits per heavy atom. The van der Waals surface area contributed by atoms with Gasteiger partial charge in [0.25, 0.3) is 5.91 Å². The third-order valence-electron chi connectivity index (χ3n) is 4.11. The largest absolute Gasteiger partial charge is 0.395 e. The molecule has 0 saturated carbocycles. The van der Waals surface area contributed by atoms with Gasteiger partial charge in [0.15, 0.2) is 9.84 Å². The van der Waals surface area contributed by atoms with Crippen LogP contribution in [0.4, 0.5) is 0 Å². The maximum absolute atomic E-state index is 11.9. The maximum Gasteiger partial charge on any atom is 0.264 e. The van der Waals surface area contributed by atoms with Crippen molar-refractivity contribution in [1.82, 2.24) is 5.48 Å². The number of aliphatic hydroxyl groups excluding tert-OH is 1. The van der Waals surface area contributed by atoms with Crippen LogP contribution in [0.15, 0.2) is 24.3 Å². The number of carbonyl (C=O) groups excluding carboxylic acids is 1. The van der Waals surface area contributed by atoms with Crippen molar-refractivity contribution in [3.05, 3.63) is 35.4 Å². The van der Waals surface area contributed by atoms with Gasteiger partial charge in [-0.15, -0.1) is 0 Å². The molecule has 140 valence electrons. The summed E-state index contributed by atoms with van der Waals surface area (Å²) >= 11 is 0. The lowest BCUT2D eigenvalue weighted by molar-refractivity contribution is -0.131. The van der Waals surface area contributed by atoms with Gasteiger partial charge in [0.1, 0.15) is 4.75 Å². The molecule has 0 radical (unpaired) electrons. The number of aryl methyl sites for hydroxylation is 1. The summed E-state index contributed by atoms with van der Waals surface area (Å²) in [7, 11) is -3.71. The van der Waals surface area contributed by atoms with E-state index in [1.807, 2.05) is 0 Å². The van der Waals surface area contributed by atoms with E-state index in [-0.39, 0.29) is 18.9 Å². The molecule has 0 aliphatic carbocycles. The number of nitrogens with one attached hydrogen (secondary N) is 1. The zero-order chi connectivity index (χ0) is 19.8. The molecular formula is C19H23NO5S. The smallest absolute Gasteiger partial charge is 0.264 e. The van der Waals surface area contributed by atoms with Crippen molar-refractivity contribution < 1.29 is 23.5 Å². The van der Waals surface area contributed by atoms with Crippen LogP contribution in [0.3, 0.4) is 0 Å². The van der Waals surface area contributed by atoms with Crippen molar-refractivity contribution in [1.29, 1.82) is 0 Å². The number of rotatable bonds is 6. The monoisotopic (exact) mass is 377 g/mol. The van der Waals surface area contributed by atoms with Crippen molar-refractivity contribution in [3.8, 4) is 23.7 Å². The highest BCUT2D eigenvalue weighted by Gasteiger charge is 2.43. The number of hydroxylamine groups is 1. The van der Waals surface area contributed by atoms with Crippen LogP contribution in [-0.2, 0) is 21.1 Å². The predicted molar refractivity (Wildman–Crippen MR) is 98.8 cm³/mol. The average Bonchev–Trinajstić information content (AvgIpc) is 2.62. The molecule has 0 spiro atoms. The molecule has 26 heavy (non-hydrogen) atoms. The van der Waals surface area contributed by atoms with Gasteiger partial charge in [-0.3, -0.25) is 10.0 Å². The molecule has 6 nitrogen and oxygen atoms in total. The molecule has 2 atom stereocenters. The summed E-state index contributed by atoms with van der Waals surface area (Å²) in [5.41, 5.74) is 3.03. The number of hydrogen-bond acceptors (Lipinski definition) is 5. The first-order valence-electron chi connectivity index (χ1n) is 7.99. The van der Waals surface area contributed by atoms with Crippen molar-refractivity contribution in [2.75, 3.05) is 12.9 Å². The molecule has 1 aromatic carbocycles. The van der Waals surface area contributed by atoms with Gasteiger partial charge in [-0.25, -0.2) is 13.9 Å². The first kappa shape index (κ1) is 21.7. The lowest BCUT2D eigenvalue weighted by atomic mass is 9.99. The van der Waals surface area contributed by atoms with Gasteiger partial charge in [-0.1, -0.05) is 24.0 Å². The molecule has 0 aliphatic rings. The van der Waals surface area contributed by atoms with E-state index in [4.69, 9.17) is 10.3 Å². The fourth-order valence-electron chi connectivity index (χ4n) is 2.03. The van der Waals surface area contributed by atoms with E-state index >= 15 is 0 Å². The van der Waals surface area contributed by atoms with E-state index in [0.717, 1.165) is 17.4 Å². The van der Waals surface area contributed by atoms with Crippen LogP contribution in [0, 0.1) is 29.6 Å². The average molecular weight is 377 g/mol. The zero-order valence-corrected chi connectivity index (χ0v) is 15.9. The van der Waals surface area contributed by atoms with Crippen LogP contribution < -0.4 is 5.48 Å². The highest BCUT2D eigenvalue weighted by Crippen LogP contribution is 2.23. The molecule has 1 aromatic rings. The topological polar surface area (TPSA) is 104 Å². The minimum atomic E-state index is -3.71. The molecule has 0 saturated heterocycles. The van der Waals surface area contributed by atoms with Crippen LogP contribution in [0.5, 0.6) is 0 Å². The summed E-state index contributed by atoms with van der Waals surface area (Å²) in [6.07, 6.45) is 1.35. The number of carbonyl (C=O) groups is 1. The summed E-state index contributed by atoms with van der Waals surface area (Å²) in [5, 5.41) is 17.7. The van der Waals surface area contributed by atoms with E-state index in [2.05, 4.69) is 23.7 Å². The summed E-state index contributed by atoms with van der Waals surface area (Å²) in [4.78, 5) is 11.8. The molecule has 2 unspecified atom stereocenters. The SMILES string of the molecule is CC(C#CC#Cc1ccc(CCC(C)(C(=O)NO)S(C)(=O)=O)cc1)CO. The van der Waals surface area contributed by atoms with Gasteiger partial charge in [0, 0.05) is 17.7 Å². The molecule has 0 bridgehead atoms. The maximum atomic E-state index is 11.9. The summed E-state index contributed by atoms with van der Waals surface area (Å²) in [5.74, 6) is 9.98. The Balaban J connectivity index is 2.83. The van der Waals surface area contributed by atoms with E-state index in [1.54, 1.807) is 31.2 Å². The van der Waals surface area contributed by atoms with Crippen LogP contribution in [0.25, 0.3) is 0 Å². The van der Waals surface area contributed by atoms with Crippen molar-refractivity contribution in [2.45, 2.75) is 31.4 Å². The fraction of sp³-hybridized carbons (Fsp3) is 0.421. The van der Waals surface area contributed by atoms with Gasteiger partial charge in [0.05, 0.1) is 6.61 Å². The lowest BCUT2D eigenvalue weighted by Gasteiger charge is -2.25. The van der Waals surface area contributed by atoms with E-state index in [9.17, 15) is 13.2 Å². The Morgan fingerprint density at radius 2 is 1.88 bits per heavy atom. The number of aliphatic hydroxyl groups is 1. The van der Waals surface area contributed by atoms with Crippen LogP contribution in [-0.4, -0.2) is 42.2 Å². The molecule has 0 heterocycles. The predicted octanol–water partition coefficient (Wildman–Crippen LogP) is 0.911. The lowest BCUT2D eigenvalue weighted by Crippen LogP contribution is -2.49. The number of sulfone groups is 1. The standard InChI is InChI=1S/C19H23NO5S/c1-15(14-21)6-4-5-7-16-8-10-17(11-9-16)12-13-19(2,18(22)20-23)26(3,24)25/h8-11,15,21,23H,12-14H2,1-3H3,(H,20,22). The Kier molecular flexibility index (Phi) is 7.85. The van der Waals surface area contributed by atoms with Gasteiger partial charge in [0.2, 0.25) is 0 Å². The Morgan fingerprint density at radius 3 is 2.38 bits per heavy atom. The van der Waals surface area contributed by atoms with Crippen molar-refractivity contribution >= 4 is 15.7 Å². The summed E-state index contributed by atoms with van der Waals surface area (Å²) < 4.78 is 22.1. The van der Waals surface area contributed by atoms with Gasteiger partial charge in [-0.2, -0.15) is 0 Å². The molecule has 0 aromatic heterocycles. The molecule has 7 heteroatoms. The minimum absolute atomic E-state index is 0.00984. The first-order valence-corrected chi connectivity index (χ1v) is 9.88. The zero-order valence-electron chi connectivity index (χ0n) is 15.0. The highest BCUT2D eigenvalue weighted by atomic mass is 32.2. The number of hydrogen-bond donors (Lipinski definition) is 3. The molecule has 0 fully saturated rings. The second-order valence-corrected chi connectivity index (χ2v) is 8.69. The molecule has 3 N–H and O–H groups in total. The van der Waals surface area contributed by atoms with E-state index < -0.39 is 20.5 Å².